The average Bonchev–Trinajstić information content (AvgIpc) is 2.94. The summed E-state index contributed by atoms with van der Waals surface area (Å²) in [6, 6.07) is 2.25. The summed E-state index contributed by atoms with van der Waals surface area (Å²) >= 11 is 0. The first kappa shape index (κ1) is 12.4. The van der Waals surface area contributed by atoms with Crippen LogP contribution in [-0.4, -0.2) is 63.9 Å². The Morgan fingerprint density at radius 3 is 3.05 bits per heavy atom. The number of hydrogen-bond acceptors (Lipinski definition) is 5. The first-order valence-electron chi connectivity index (χ1n) is 6.53. The van der Waals surface area contributed by atoms with Gasteiger partial charge in [0.1, 0.15) is 5.52 Å². The molecule has 0 saturated carbocycles. The van der Waals surface area contributed by atoms with Crippen molar-refractivity contribution in [3.05, 3.63) is 24.7 Å². The lowest BCUT2D eigenvalue weighted by atomic mass is 10.2. The van der Waals surface area contributed by atoms with E-state index in [1.54, 1.807) is 12.4 Å². The molecule has 0 spiro atoms. The summed E-state index contributed by atoms with van der Waals surface area (Å²) in [7, 11) is 4.10. The SMILES string of the molecule is CN(C)CC1CC(O)CN1c1nccn2nccc12. The lowest BCUT2D eigenvalue weighted by Crippen LogP contribution is -2.38. The molecule has 2 unspecified atom stereocenters. The lowest BCUT2D eigenvalue weighted by Gasteiger charge is -2.28. The maximum Gasteiger partial charge on any atom is 0.155 e. The molecule has 1 fully saturated rings. The molecule has 1 saturated heterocycles. The van der Waals surface area contributed by atoms with Crippen LogP contribution in [0.5, 0.6) is 0 Å². The van der Waals surface area contributed by atoms with E-state index in [-0.39, 0.29) is 6.10 Å². The van der Waals surface area contributed by atoms with Crippen LogP contribution in [-0.2, 0) is 0 Å². The molecule has 6 heteroatoms. The third-order valence-corrected chi connectivity index (χ3v) is 3.54. The summed E-state index contributed by atoms with van der Waals surface area (Å²) in [4.78, 5) is 8.83. The molecule has 1 aliphatic rings. The second-order valence-corrected chi connectivity index (χ2v) is 5.37. The van der Waals surface area contributed by atoms with Gasteiger partial charge in [0.2, 0.25) is 0 Å². The Balaban J connectivity index is 1.97. The molecule has 3 heterocycles. The molecule has 102 valence electrons. The highest BCUT2D eigenvalue weighted by atomic mass is 16.3. The van der Waals surface area contributed by atoms with Crippen molar-refractivity contribution < 1.29 is 5.11 Å². The zero-order chi connectivity index (χ0) is 13.4. The van der Waals surface area contributed by atoms with Crippen molar-refractivity contribution in [2.75, 3.05) is 32.1 Å². The number of nitrogens with zero attached hydrogens (tertiary/aromatic N) is 5. The Bertz CT molecular complexity index is 567. The monoisotopic (exact) mass is 261 g/mol. The highest BCUT2D eigenvalue weighted by molar-refractivity contribution is 5.69. The summed E-state index contributed by atoms with van der Waals surface area (Å²) in [5.41, 5.74) is 0.986. The number of rotatable bonds is 3. The van der Waals surface area contributed by atoms with Crippen molar-refractivity contribution in [1.29, 1.82) is 0 Å². The van der Waals surface area contributed by atoms with Crippen molar-refractivity contribution in [3.8, 4) is 0 Å². The van der Waals surface area contributed by atoms with Crippen LogP contribution in [0.25, 0.3) is 5.52 Å². The van der Waals surface area contributed by atoms with Gasteiger partial charge in [-0.1, -0.05) is 0 Å². The van der Waals surface area contributed by atoms with E-state index in [4.69, 9.17) is 0 Å². The van der Waals surface area contributed by atoms with E-state index in [9.17, 15) is 5.11 Å². The van der Waals surface area contributed by atoms with Gasteiger partial charge >= 0.3 is 0 Å². The van der Waals surface area contributed by atoms with E-state index in [0.717, 1.165) is 24.3 Å². The normalized spacial score (nSPS) is 23.7. The summed E-state index contributed by atoms with van der Waals surface area (Å²) < 4.78 is 1.82. The fourth-order valence-corrected chi connectivity index (χ4v) is 2.81. The molecular weight excluding hydrogens is 242 g/mol. The summed E-state index contributed by atoms with van der Waals surface area (Å²) in [6.07, 6.45) is 5.87. The molecule has 0 bridgehead atoms. The Morgan fingerprint density at radius 1 is 1.42 bits per heavy atom. The van der Waals surface area contributed by atoms with E-state index in [1.165, 1.54) is 0 Å². The molecule has 1 N–H and O–H groups in total. The molecule has 6 nitrogen and oxygen atoms in total. The fraction of sp³-hybridized carbons (Fsp3) is 0.538. The van der Waals surface area contributed by atoms with Crippen molar-refractivity contribution in [2.24, 2.45) is 0 Å². The van der Waals surface area contributed by atoms with Crippen molar-refractivity contribution in [2.45, 2.75) is 18.6 Å². The first-order valence-corrected chi connectivity index (χ1v) is 6.53. The number of likely N-dealkylation sites (N-methyl/N-ethyl adjacent to an activating group) is 1. The average molecular weight is 261 g/mol. The number of aliphatic hydroxyl groups is 1. The summed E-state index contributed by atoms with van der Waals surface area (Å²) in [5.74, 6) is 0.906. The minimum atomic E-state index is -0.282. The highest BCUT2D eigenvalue weighted by Crippen LogP contribution is 2.27. The Kier molecular flexibility index (Phi) is 3.12. The molecule has 0 amide bonds. The van der Waals surface area contributed by atoms with Crippen molar-refractivity contribution in [3.63, 3.8) is 0 Å². The van der Waals surface area contributed by atoms with Crippen molar-refractivity contribution >= 4 is 11.3 Å². The number of β-amino-alcohol motifs (C(OH)–C–C–N with tert-alkyl or cyclic N) is 1. The Morgan fingerprint density at radius 2 is 2.26 bits per heavy atom. The minimum Gasteiger partial charge on any atom is -0.391 e. The molecule has 2 aromatic heterocycles. The zero-order valence-electron chi connectivity index (χ0n) is 11.3. The van der Waals surface area contributed by atoms with Crippen LogP contribution in [0.3, 0.4) is 0 Å². The number of aliphatic hydroxyl groups excluding tert-OH is 1. The van der Waals surface area contributed by atoms with Crippen LogP contribution in [0.15, 0.2) is 24.7 Å². The van der Waals surface area contributed by atoms with Crippen molar-refractivity contribution in [1.82, 2.24) is 19.5 Å². The molecular formula is C13H19N5O. The van der Waals surface area contributed by atoms with E-state index in [2.05, 4.69) is 34.0 Å². The van der Waals surface area contributed by atoms with Gasteiger partial charge in [0.25, 0.3) is 0 Å². The second-order valence-electron chi connectivity index (χ2n) is 5.37. The minimum absolute atomic E-state index is 0.282. The number of hydrogen-bond donors (Lipinski definition) is 1. The molecule has 19 heavy (non-hydrogen) atoms. The van der Waals surface area contributed by atoms with Gasteiger partial charge in [-0.2, -0.15) is 5.10 Å². The molecule has 2 atom stereocenters. The van der Waals surface area contributed by atoms with Crippen LogP contribution in [0.2, 0.25) is 0 Å². The van der Waals surface area contributed by atoms with Gasteiger partial charge in [-0.15, -0.1) is 0 Å². The lowest BCUT2D eigenvalue weighted by molar-refractivity contribution is 0.191. The van der Waals surface area contributed by atoms with E-state index >= 15 is 0 Å². The van der Waals surface area contributed by atoms with E-state index < -0.39 is 0 Å². The van der Waals surface area contributed by atoms with Gasteiger partial charge in [0, 0.05) is 31.5 Å². The highest BCUT2D eigenvalue weighted by Gasteiger charge is 2.33. The van der Waals surface area contributed by atoms with Gasteiger partial charge in [-0.25, -0.2) is 9.50 Å². The quantitative estimate of drug-likeness (QED) is 0.857. The third kappa shape index (κ3) is 2.29. The van der Waals surface area contributed by atoms with Crippen LogP contribution >= 0.6 is 0 Å². The van der Waals surface area contributed by atoms with Gasteiger partial charge in [0.15, 0.2) is 5.82 Å². The van der Waals surface area contributed by atoms with Gasteiger partial charge in [-0.3, -0.25) is 0 Å². The number of anilines is 1. The predicted octanol–water partition coefficient (Wildman–Crippen LogP) is 0.231. The molecule has 0 radical (unpaired) electrons. The first-order chi connectivity index (χ1) is 9.15. The molecule has 0 aliphatic carbocycles. The van der Waals surface area contributed by atoms with Gasteiger partial charge in [0.05, 0.1) is 12.3 Å². The largest absolute Gasteiger partial charge is 0.391 e. The maximum atomic E-state index is 9.96. The Labute approximate surface area is 112 Å². The van der Waals surface area contributed by atoms with E-state index in [1.807, 2.05) is 16.8 Å². The molecule has 2 aromatic rings. The molecule has 3 rings (SSSR count). The number of aromatic nitrogens is 3. The summed E-state index contributed by atoms with van der Waals surface area (Å²) in [6.45, 7) is 1.55. The zero-order valence-corrected chi connectivity index (χ0v) is 11.3. The maximum absolute atomic E-state index is 9.96. The number of fused-ring (bicyclic) bond motifs is 1. The van der Waals surface area contributed by atoms with Crippen LogP contribution < -0.4 is 4.90 Å². The smallest absolute Gasteiger partial charge is 0.155 e. The van der Waals surface area contributed by atoms with Crippen LogP contribution in [0.1, 0.15) is 6.42 Å². The predicted molar refractivity (Wildman–Crippen MR) is 73.3 cm³/mol. The Hall–Kier alpha value is -1.66. The van der Waals surface area contributed by atoms with E-state index in [0.29, 0.717) is 12.6 Å². The van der Waals surface area contributed by atoms with Gasteiger partial charge in [-0.05, 0) is 26.6 Å². The topological polar surface area (TPSA) is 56.9 Å². The third-order valence-electron chi connectivity index (χ3n) is 3.54. The second kappa shape index (κ2) is 4.79. The van der Waals surface area contributed by atoms with Gasteiger partial charge < -0.3 is 14.9 Å². The standard InChI is InChI=1S/C13H19N5O/c1-16(2)8-10-7-11(19)9-17(10)13-12-3-4-15-18(12)6-5-14-13/h3-6,10-11,19H,7-9H2,1-2H3. The van der Waals surface area contributed by atoms with Crippen LogP contribution in [0, 0.1) is 0 Å². The molecule has 1 aliphatic heterocycles. The molecule has 0 aromatic carbocycles. The summed E-state index contributed by atoms with van der Waals surface area (Å²) in [5, 5.41) is 14.2. The fourth-order valence-electron chi connectivity index (χ4n) is 2.81. The van der Waals surface area contributed by atoms with Crippen LogP contribution in [0.4, 0.5) is 5.82 Å².